The molecular weight excluding hydrogens is 332 g/mol. The van der Waals surface area contributed by atoms with Crippen molar-refractivity contribution in [3.8, 4) is 0 Å². The van der Waals surface area contributed by atoms with Crippen LogP contribution in [0.15, 0.2) is 59.5 Å². The Morgan fingerprint density at radius 1 is 1.09 bits per heavy atom. The van der Waals surface area contributed by atoms with Crippen molar-refractivity contribution in [2.75, 3.05) is 6.61 Å². The average molecular weight is 346 g/mol. The second-order valence-corrected chi connectivity index (χ2v) is 7.80. The van der Waals surface area contributed by atoms with Gasteiger partial charge in [-0.3, -0.25) is 8.98 Å². The van der Waals surface area contributed by atoms with Crippen molar-refractivity contribution in [1.82, 2.24) is 0 Å². The highest BCUT2D eigenvalue weighted by Gasteiger charge is 2.18. The van der Waals surface area contributed by atoms with Gasteiger partial charge in [0.05, 0.1) is 9.77 Å². The zero-order valence-electron chi connectivity index (χ0n) is 12.4. The quantitative estimate of drug-likeness (QED) is 0.521. The normalized spacial score (nSPS) is 11.7. The first-order chi connectivity index (χ1) is 11.0. The molecule has 2 aromatic carbocycles. The van der Waals surface area contributed by atoms with Crippen LogP contribution >= 0.6 is 11.3 Å². The molecule has 0 fully saturated rings. The third-order valence-corrected chi connectivity index (χ3v) is 5.79. The van der Waals surface area contributed by atoms with E-state index >= 15 is 0 Å². The maximum absolute atomic E-state index is 12.2. The predicted octanol–water partition coefficient (Wildman–Crippen LogP) is 3.80. The lowest BCUT2D eigenvalue weighted by atomic mass is 10.2. The lowest BCUT2D eigenvalue weighted by molar-refractivity contribution is 0.0929. The molecular formula is C17H14O4S2. The number of rotatable bonds is 5. The van der Waals surface area contributed by atoms with Gasteiger partial charge in [-0.15, -0.1) is 11.3 Å². The fraction of sp³-hybridized carbons (Fsp3) is 0.118. The number of ketones is 1. The van der Waals surface area contributed by atoms with Crippen LogP contribution in [0, 0.1) is 6.92 Å². The standard InChI is InChI=1S/C17H14O4S2/c1-12-6-8-14(9-7-12)23(19,20)21-11-15(18)17-10-13-4-2-3-5-16(13)22-17/h2-10H,11H2,1H3. The van der Waals surface area contributed by atoms with Gasteiger partial charge in [-0.2, -0.15) is 8.42 Å². The van der Waals surface area contributed by atoms with E-state index in [-0.39, 0.29) is 10.7 Å². The third-order valence-electron chi connectivity index (χ3n) is 3.36. The molecule has 118 valence electrons. The number of carbonyl (C=O) groups excluding carboxylic acids is 1. The number of thiophene rings is 1. The SMILES string of the molecule is Cc1ccc(S(=O)(=O)OCC(=O)c2cc3ccccc3s2)cc1. The number of Topliss-reactive ketones (excluding diaryl/α,β-unsaturated/α-hetero) is 1. The Hall–Kier alpha value is -2.02. The summed E-state index contributed by atoms with van der Waals surface area (Å²) >= 11 is 1.33. The molecule has 0 unspecified atom stereocenters. The van der Waals surface area contributed by atoms with Gasteiger partial charge in [-0.05, 0) is 36.6 Å². The molecule has 1 heterocycles. The van der Waals surface area contributed by atoms with Crippen molar-refractivity contribution in [3.05, 3.63) is 65.0 Å². The van der Waals surface area contributed by atoms with Crippen molar-refractivity contribution < 1.29 is 17.4 Å². The molecule has 0 saturated carbocycles. The first kappa shape index (κ1) is 15.9. The summed E-state index contributed by atoms with van der Waals surface area (Å²) in [4.78, 5) is 12.7. The number of aryl methyl sites for hydroxylation is 1. The predicted molar refractivity (Wildman–Crippen MR) is 90.5 cm³/mol. The van der Waals surface area contributed by atoms with E-state index in [0.29, 0.717) is 4.88 Å². The van der Waals surface area contributed by atoms with Crippen LogP contribution in [0.25, 0.3) is 10.1 Å². The Labute approximate surface area is 138 Å². The highest BCUT2D eigenvalue weighted by atomic mass is 32.2. The summed E-state index contributed by atoms with van der Waals surface area (Å²) in [6.45, 7) is 1.37. The molecule has 1 aromatic heterocycles. The minimum absolute atomic E-state index is 0.0484. The van der Waals surface area contributed by atoms with Gasteiger partial charge in [0, 0.05) is 4.70 Å². The summed E-state index contributed by atoms with van der Waals surface area (Å²) in [5.74, 6) is -0.345. The minimum atomic E-state index is -3.93. The first-order valence-corrected chi connectivity index (χ1v) is 9.16. The number of benzene rings is 2. The maximum Gasteiger partial charge on any atom is 0.297 e. The van der Waals surface area contributed by atoms with Gasteiger partial charge in [0.25, 0.3) is 10.1 Å². The molecule has 0 bridgehead atoms. The molecule has 23 heavy (non-hydrogen) atoms. The molecule has 0 amide bonds. The summed E-state index contributed by atoms with van der Waals surface area (Å²) < 4.78 is 30.0. The van der Waals surface area contributed by atoms with Gasteiger partial charge >= 0.3 is 0 Å². The summed E-state index contributed by atoms with van der Waals surface area (Å²) in [7, 11) is -3.93. The fourth-order valence-corrected chi connectivity index (χ4v) is 3.95. The summed E-state index contributed by atoms with van der Waals surface area (Å²) in [5, 5.41) is 0.960. The van der Waals surface area contributed by atoms with Crippen molar-refractivity contribution in [3.63, 3.8) is 0 Å². The van der Waals surface area contributed by atoms with Gasteiger partial charge in [0.1, 0.15) is 6.61 Å². The van der Waals surface area contributed by atoms with Crippen molar-refractivity contribution in [2.24, 2.45) is 0 Å². The highest BCUT2D eigenvalue weighted by Crippen LogP contribution is 2.26. The van der Waals surface area contributed by atoms with Crippen LogP contribution in [-0.2, 0) is 14.3 Å². The first-order valence-electron chi connectivity index (χ1n) is 6.93. The Morgan fingerprint density at radius 2 is 1.78 bits per heavy atom. The van der Waals surface area contributed by atoms with E-state index < -0.39 is 16.7 Å². The van der Waals surface area contributed by atoms with E-state index in [1.165, 1.54) is 23.5 Å². The monoisotopic (exact) mass is 346 g/mol. The van der Waals surface area contributed by atoms with Gasteiger partial charge in [-0.25, -0.2) is 0 Å². The van der Waals surface area contributed by atoms with Crippen LogP contribution in [0.4, 0.5) is 0 Å². The number of hydrogen-bond donors (Lipinski definition) is 0. The zero-order chi connectivity index (χ0) is 16.4. The van der Waals surface area contributed by atoms with Gasteiger partial charge in [0.15, 0.2) is 5.78 Å². The van der Waals surface area contributed by atoms with E-state index in [9.17, 15) is 13.2 Å². The van der Waals surface area contributed by atoms with Crippen LogP contribution in [0.3, 0.4) is 0 Å². The second kappa shape index (κ2) is 6.23. The fourth-order valence-electron chi connectivity index (χ4n) is 2.09. The Bertz CT molecular complexity index is 921. The molecule has 0 spiro atoms. The minimum Gasteiger partial charge on any atom is -0.291 e. The third kappa shape index (κ3) is 3.50. The van der Waals surface area contributed by atoms with Crippen LogP contribution in [0.1, 0.15) is 15.2 Å². The van der Waals surface area contributed by atoms with Crippen LogP contribution in [0.2, 0.25) is 0 Å². The Balaban J connectivity index is 1.74. The van der Waals surface area contributed by atoms with Crippen LogP contribution < -0.4 is 0 Å². The topological polar surface area (TPSA) is 60.4 Å². The zero-order valence-corrected chi connectivity index (χ0v) is 14.0. The molecule has 0 radical (unpaired) electrons. The summed E-state index contributed by atoms with van der Waals surface area (Å²) in [6.07, 6.45) is 0. The smallest absolute Gasteiger partial charge is 0.291 e. The molecule has 3 aromatic rings. The van der Waals surface area contributed by atoms with Gasteiger partial charge < -0.3 is 0 Å². The summed E-state index contributed by atoms with van der Waals surface area (Å²) in [6, 6.07) is 15.7. The van der Waals surface area contributed by atoms with Gasteiger partial charge in [0.2, 0.25) is 0 Å². The van der Waals surface area contributed by atoms with E-state index in [1.807, 2.05) is 31.2 Å². The molecule has 0 aliphatic carbocycles. The van der Waals surface area contributed by atoms with E-state index in [0.717, 1.165) is 15.6 Å². The molecule has 4 nitrogen and oxygen atoms in total. The Kier molecular flexibility index (Phi) is 4.30. The van der Waals surface area contributed by atoms with Gasteiger partial charge in [-0.1, -0.05) is 35.9 Å². The molecule has 0 N–H and O–H groups in total. The number of hydrogen-bond acceptors (Lipinski definition) is 5. The van der Waals surface area contributed by atoms with Crippen molar-refractivity contribution >= 4 is 37.3 Å². The number of fused-ring (bicyclic) bond motifs is 1. The number of carbonyl (C=O) groups is 1. The molecule has 0 aliphatic rings. The molecule has 6 heteroatoms. The van der Waals surface area contributed by atoms with E-state index in [1.54, 1.807) is 18.2 Å². The highest BCUT2D eigenvalue weighted by molar-refractivity contribution is 7.86. The lowest BCUT2D eigenvalue weighted by Gasteiger charge is -2.04. The molecule has 0 atom stereocenters. The summed E-state index contributed by atoms with van der Waals surface area (Å²) in [5.41, 5.74) is 0.949. The van der Waals surface area contributed by atoms with E-state index in [2.05, 4.69) is 0 Å². The van der Waals surface area contributed by atoms with E-state index in [4.69, 9.17) is 4.18 Å². The molecule has 0 saturated heterocycles. The molecule has 0 aliphatic heterocycles. The van der Waals surface area contributed by atoms with Crippen LogP contribution in [-0.4, -0.2) is 20.8 Å². The average Bonchev–Trinajstić information content (AvgIpc) is 2.97. The maximum atomic E-state index is 12.2. The second-order valence-electron chi connectivity index (χ2n) is 5.10. The Morgan fingerprint density at radius 3 is 2.48 bits per heavy atom. The largest absolute Gasteiger partial charge is 0.297 e. The van der Waals surface area contributed by atoms with Crippen LogP contribution in [0.5, 0.6) is 0 Å². The molecule has 3 rings (SSSR count). The van der Waals surface area contributed by atoms with Crippen molar-refractivity contribution in [2.45, 2.75) is 11.8 Å². The van der Waals surface area contributed by atoms with Crippen molar-refractivity contribution in [1.29, 1.82) is 0 Å². The lowest BCUT2D eigenvalue weighted by Crippen LogP contribution is -2.14.